The normalized spacial score (nSPS) is 10.7. The molecule has 21 heavy (non-hydrogen) atoms. The van der Waals surface area contributed by atoms with Crippen LogP contribution in [0.2, 0.25) is 0 Å². The summed E-state index contributed by atoms with van der Waals surface area (Å²) in [6.45, 7) is -1.73. The molecule has 0 N–H and O–H groups in total. The molecular weight excluding hydrogens is 297 g/mol. The Labute approximate surface area is 116 Å². The second-order valence-electron chi connectivity index (χ2n) is 3.61. The SMILES string of the molecule is COc1cc([N+](=O)[O-])c(C#N)c(OCC(F)(F)F)c1OC. The minimum atomic E-state index is -4.68. The monoisotopic (exact) mass is 306 g/mol. The summed E-state index contributed by atoms with van der Waals surface area (Å²) in [5, 5.41) is 19.8. The third kappa shape index (κ3) is 3.65. The van der Waals surface area contributed by atoms with Crippen molar-refractivity contribution in [3.8, 4) is 23.3 Å². The van der Waals surface area contributed by atoms with Crippen molar-refractivity contribution in [2.24, 2.45) is 0 Å². The van der Waals surface area contributed by atoms with E-state index in [0.717, 1.165) is 20.3 Å². The highest BCUT2D eigenvalue weighted by Gasteiger charge is 2.33. The van der Waals surface area contributed by atoms with Crippen LogP contribution in [0.1, 0.15) is 5.56 Å². The molecule has 0 heterocycles. The summed E-state index contributed by atoms with van der Waals surface area (Å²) >= 11 is 0. The number of ether oxygens (including phenoxy) is 3. The van der Waals surface area contributed by atoms with E-state index in [1.807, 2.05) is 0 Å². The molecule has 0 spiro atoms. The van der Waals surface area contributed by atoms with Gasteiger partial charge in [-0.3, -0.25) is 10.1 Å². The Hall–Kier alpha value is -2.70. The lowest BCUT2D eigenvalue weighted by Gasteiger charge is -2.16. The highest BCUT2D eigenvalue weighted by molar-refractivity contribution is 5.68. The fraction of sp³-hybridized carbons (Fsp3) is 0.364. The summed E-state index contributed by atoms with van der Waals surface area (Å²) in [5.74, 6) is -1.24. The maximum Gasteiger partial charge on any atom is 0.422 e. The number of nitriles is 1. The molecule has 0 saturated carbocycles. The lowest BCUT2D eigenvalue weighted by Crippen LogP contribution is -2.20. The van der Waals surface area contributed by atoms with Gasteiger partial charge in [0.15, 0.2) is 23.7 Å². The molecule has 0 aliphatic carbocycles. The van der Waals surface area contributed by atoms with Crippen molar-refractivity contribution in [1.82, 2.24) is 0 Å². The van der Waals surface area contributed by atoms with Crippen LogP contribution in [-0.4, -0.2) is 31.9 Å². The van der Waals surface area contributed by atoms with Gasteiger partial charge in [0, 0.05) is 0 Å². The summed E-state index contributed by atoms with van der Waals surface area (Å²) in [6, 6.07) is 2.31. The van der Waals surface area contributed by atoms with Crippen molar-refractivity contribution in [3.05, 3.63) is 21.7 Å². The number of nitro groups is 1. The molecule has 0 atom stereocenters. The fourth-order valence-corrected chi connectivity index (χ4v) is 1.49. The Balaban J connectivity index is 3.51. The van der Waals surface area contributed by atoms with Crippen molar-refractivity contribution in [1.29, 1.82) is 5.26 Å². The second kappa shape index (κ2) is 6.17. The van der Waals surface area contributed by atoms with Gasteiger partial charge in [0.2, 0.25) is 5.75 Å². The number of rotatable bonds is 5. The minimum absolute atomic E-state index is 0.222. The van der Waals surface area contributed by atoms with Gasteiger partial charge in [0.1, 0.15) is 6.07 Å². The summed E-state index contributed by atoms with van der Waals surface area (Å²) in [4.78, 5) is 9.95. The van der Waals surface area contributed by atoms with E-state index in [0.29, 0.717) is 0 Å². The van der Waals surface area contributed by atoms with Crippen LogP contribution in [0.5, 0.6) is 17.2 Å². The van der Waals surface area contributed by atoms with Crippen LogP contribution in [0.15, 0.2) is 6.07 Å². The summed E-state index contributed by atoms with van der Waals surface area (Å²) in [6.07, 6.45) is -4.68. The van der Waals surface area contributed by atoms with Gasteiger partial charge in [-0.2, -0.15) is 18.4 Å². The fourth-order valence-electron chi connectivity index (χ4n) is 1.49. The maximum absolute atomic E-state index is 12.2. The quantitative estimate of drug-likeness (QED) is 0.612. The molecule has 0 radical (unpaired) electrons. The Morgan fingerprint density at radius 3 is 2.33 bits per heavy atom. The zero-order valence-corrected chi connectivity index (χ0v) is 10.9. The van der Waals surface area contributed by atoms with Crippen molar-refractivity contribution in [2.45, 2.75) is 6.18 Å². The molecule has 0 saturated heterocycles. The van der Waals surface area contributed by atoms with Crippen molar-refractivity contribution >= 4 is 5.69 Å². The number of alkyl halides is 3. The summed E-state index contributed by atoms with van der Waals surface area (Å²) in [5.41, 5.74) is -1.42. The van der Waals surface area contributed by atoms with Gasteiger partial charge in [-0.25, -0.2) is 0 Å². The van der Waals surface area contributed by atoms with Crippen LogP contribution < -0.4 is 14.2 Å². The predicted molar refractivity (Wildman–Crippen MR) is 62.5 cm³/mol. The molecule has 1 rings (SSSR count). The first kappa shape index (κ1) is 16.4. The molecule has 0 aromatic heterocycles. The average Bonchev–Trinajstić information content (AvgIpc) is 2.41. The number of hydrogen-bond acceptors (Lipinski definition) is 6. The van der Waals surface area contributed by atoms with Crippen LogP contribution in [0.25, 0.3) is 0 Å². The second-order valence-corrected chi connectivity index (χ2v) is 3.61. The molecular formula is C11H9F3N2O5. The smallest absolute Gasteiger partial charge is 0.422 e. The molecule has 7 nitrogen and oxygen atoms in total. The zero-order valence-electron chi connectivity index (χ0n) is 10.9. The van der Waals surface area contributed by atoms with E-state index in [2.05, 4.69) is 4.74 Å². The number of nitro benzene ring substituents is 1. The molecule has 0 aliphatic rings. The Bertz CT molecular complexity index is 595. The molecule has 0 bridgehead atoms. The van der Waals surface area contributed by atoms with Gasteiger partial charge in [0.05, 0.1) is 25.2 Å². The Morgan fingerprint density at radius 1 is 1.33 bits per heavy atom. The first-order chi connectivity index (χ1) is 9.75. The van der Waals surface area contributed by atoms with Gasteiger partial charge < -0.3 is 14.2 Å². The molecule has 114 valence electrons. The first-order valence-corrected chi connectivity index (χ1v) is 5.28. The summed E-state index contributed by atoms with van der Waals surface area (Å²) < 4.78 is 50.8. The average molecular weight is 306 g/mol. The molecule has 0 fully saturated rings. The third-order valence-corrected chi connectivity index (χ3v) is 2.29. The first-order valence-electron chi connectivity index (χ1n) is 5.28. The number of hydrogen-bond donors (Lipinski definition) is 0. The van der Waals surface area contributed by atoms with Crippen LogP contribution in [-0.2, 0) is 0 Å². The summed E-state index contributed by atoms with van der Waals surface area (Å²) in [7, 11) is 2.24. The number of benzene rings is 1. The zero-order chi connectivity index (χ0) is 16.2. The van der Waals surface area contributed by atoms with E-state index in [-0.39, 0.29) is 11.5 Å². The van der Waals surface area contributed by atoms with E-state index in [1.165, 1.54) is 6.07 Å². The molecule has 1 aromatic rings. The molecule has 0 aliphatic heterocycles. The Morgan fingerprint density at radius 2 is 1.95 bits per heavy atom. The third-order valence-electron chi connectivity index (χ3n) is 2.29. The Kier molecular flexibility index (Phi) is 4.80. The molecule has 1 aromatic carbocycles. The number of nitrogens with zero attached hydrogens (tertiary/aromatic N) is 2. The van der Waals surface area contributed by atoms with E-state index < -0.39 is 34.7 Å². The molecule has 0 amide bonds. The largest absolute Gasteiger partial charge is 0.492 e. The van der Waals surface area contributed by atoms with Gasteiger partial charge >= 0.3 is 6.18 Å². The predicted octanol–water partition coefficient (Wildman–Crippen LogP) is 2.42. The van der Waals surface area contributed by atoms with E-state index >= 15 is 0 Å². The maximum atomic E-state index is 12.2. The van der Waals surface area contributed by atoms with Gasteiger partial charge in [0.25, 0.3) is 5.69 Å². The lowest BCUT2D eigenvalue weighted by atomic mass is 10.1. The van der Waals surface area contributed by atoms with E-state index in [9.17, 15) is 23.3 Å². The lowest BCUT2D eigenvalue weighted by molar-refractivity contribution is -0.385. The molecule has 10 heteroatoms. The van der Waals surface area contributed by atoms with Gasteiger partial charge in [-0.05, 0) is 0 Å². The standard InChI is InChI=1S/C11H9F3N2O5/c1-19-8-3-7(16(17)18)6(4-15)9(10(8)20-2)21-5-11(12,13)14/h3H,5H2,1-2H3. The topological polar surface area (TPSA) is 94.6 Å². The van der Waals surface area contributed by atoms with Crippen LogP contribution in [0.4, 0.5) is 18.9 Å². The van der Waals surface area contributed by atoms with Crippen molar-refractivity contribution in [2.75, 3.05) is 20.8 Å². The van der Waals surface area contributed by atoms with Crippen LogP contribution in [0, 0.1) is 21.4 Å². The highest BCUT2D eigenvalue weighted by atomic mass is 19.4. The van der Waals surface area contributed by atoms with Crippen LogP contribution >= 0.6 is 0 Å². The van der Waals surface area contributed by atoms with Crippen LogP contribution in [0.3, 0.4) is 0 Å². The number of methoxy groups -OCH3 is 2. The highest BCUT2D eigenvalue weighted by Crippen LogP contribution is 2.45. The van der Waals surface area contributed by atoms with Crippen molar-refractivity contribution < 1.29 is 32.3 Å². The molecule has 0 unspecified atom stereocenters. The van der Waals surface area contributed by atoms with E-state index in [1.54, 1.807) is 0 Å². The van der Waals surface area contributed by atoms with E-state index in [4.69, 9.17) is 14.7 Å². The van der Waals surface area contributed by atoms with Gasteiger partial charge in [-0.15, -0.1) is 0 Å². The van der Waals surface area contributed by atoms with Gasteiger partial charge in [-0.1, -0.05) is 0 Å². The van der Waals surface area contributed by atoms with Crippen molar-refractivity contribution in [3.63, 3.8) is 0 Å². The number of halogens is 3. The minimum Gasteiger partial charge on any atom is -0.492 e.